The molecule has 2 aromatic carbocycles. The normalized spacial score (nSPS) is 15.2. The van der Waals surface area contributed by atoms with Crippen LogP contribution in [0.3, 0.4) is 0 Å². The van der Waals surface area contributed by atoms with Gasteiger partial charge in [0.15, 0.2) is 0 Å². The van der Waals surface area contributed by atoms with E-state index in [9.17, 15) is 14.9 Å². The van der Waals surface area contributed by atoms with Crippen LogP contribution < -0.4 is 5.32 Å². The lowest BCUT2D eigenvalue weighted by atomic mass is 9.99. The number of ether oxygens (including phenoxy) is 1. The van der Waals surface area contributed by atoms with E-state index in [-0.39, 0.29) is 17.6 Å². The Morgan fingerprint density at radius 1 is 1.07 bits per heavy atom. The van der Waals surface area contributed by atoms with E-state index < -0.39 is 4.92 Å². The monoisotopic (exact) mass is 397 g/mol. The van der Waals surface area contributed by atoms with Crippen LogP contribution in [0.4, 0.5) is 11.4 Å². The quantitative estimate of drug-likeness (QED) is 0.578. The van der Waals surface area contributed by atoms with Crippen molar-refractivity contribution in [1.29, 1.82) is 0 Å². The number of rotatable bonds is 6. The second-order valence-corrected chi connectivity index (χ2v) is 7.58. The van der Waals surface area contributed by atoms with Gasteiger partial charge in [-0.3, -0.25) is 14.9 Å². The molecule has 0 aliphatic carbocycles. The summed E-state index contributed by atoms with van der Waals surface area (Å²) in [5.41, 5.74) is 2.90. The van der Waals surface area contributed by atoms with Crippen LogP contribution in [-0.4, -0.2) is 42.0 Å². The van der Waals surface area contributed by atoms with Gasteiger partial charge in [0.05, 0.1) is 18.1 Å². The highest BCUT2D eigenvalue weighted by atomic mass is 16.6. The summed E-state index contributed by atoms with van der Waals surface area (Å²) in [6, 6.07) is 12.7. The Morgan fingerprint density at radius 3 is 2.28 bits per heavy atom. The maximum Gasteiger partial charge on any atom is 0.293 e. The number of hydrogen-bond acceptors (Lipinski definition) is 5. The first-order valence-corrected chi connectivity index (χ1v) is 9.88. The minimum atomic E-state index is -0.451. The highest BCUT2D eigenvalue weighted by Crippen LogP contribution is 2.30. The van der Waals surface area contributed by atoms with Crippen molar-refractivity contribution in [2.45, 2.75) is 32.7 Å². The Labute approximate surface area is 170 Å². The predicted octanol–water partition coefficient (Wildman–Crippen LogP) is 4.36. The molecule has 7 nitrogen and oxygen atoms in total. The van der Waals surface area contributed by atoms with Gasteiger partial charge in [-0.1, -0.05) is 38.1 Å². The number of nitro benzene ring substituents is 1. The van der Waals surface area contributed by atoms with Gasteiger partial charge in [0, 0.05) is 30.8 Å². The molecule has 1 aliphatic heterocycles. The van der Waals surface area contributed by atoms with Crippen molar-refractivity contribution in [2.24, 2.45) is 0 Å². The zero-order valence-electron chi connectivity index (χ0n) is 17.1. The van der Waals surface area contributed by atoms with E-state index in [0.29, 0.717) is 43.5 Å². The molecule has 1 atom stereocenters. The molecule has 1 saturated heterocycles. The summed E-state index contributed by atoms with van der Waals surface area (Å²) in [5, 5.41) is 14.8. The molecule has 1 heterocycles. The highest BCUT2D eigenvalue weighted by molar-refractivity contribution is 5.95. The van der Waals surface area contributed by atoms with Crippen LogP contribution in [0.2, 0.25) is 0 Å². The lowest BCUT2D eigenvalue weighted by Gasteiger charge is -2.27. The first-order chi connectivity index (χ1) is 13.9. The number of carbonyl (C=O) groups is 1. The van der Waals surface area contributed by atoms with Crippen LogP contribution in [0.1, 0.15) is 54.2 Å². The molecule has 154 valence electrons. The number of nitro groups is 1. The van der Waals surface area contributed by atoms with E-state index in [1.165, 1.54) is 11.6 Å². The molecule has 0 spiro atoms. The molecule has 7 heteroatoms. The van der Waals surface area contributed by atoms with Crippen molar-refractivity contribution in [3.63, 3.8) is 0 Å². The standard InChI is InChI=1S/C22H27N3O4/c1-15(2)17-4-6-18(7-5-17)16(3)23-20-9-8-19(14-21(20)25(27)28)22(26)24-10-12-29-13-11-24/h4-9,14-16,23H,10-13H2,1-3H3/t16-/m1/s1. The van der Waals surface area contributed by atoms with Crippen molar-refractivity contribution >= 4 is 17.3 Å². The van der Waals surface area contributed by atoms with Gasteiger partial charge in [-0.15, -0.1) is 0 Å². The summed E-state index contributed by atoms with van der Waals surface area (Å²) in [5.74, 6) is 0.241. The summed E-state index contributed by atoms with van der Waals surface area (Å²) < 4.78 is 5.26. The van der Waals surface area contributed by atoms with Gasteiger partial charge in [-0.05, 0) is 36.1 Å². The van der Waals surface area contributed by atoms with Gasteiger partial charge >= 0.3 is 0 Å². The molecular weight excluding hydrogens is 370 g/mol. The minimum absolute atomic E-state index is 0.102. The van der Waals surface area contributed by atoms with Crippen LogP contribution in [0.5, 0.6) is 0 Å². The molecule has 2 aromatic rings. The number of nitrogens with one attached hydrogen (secondary N) is 1. The zero-order chi connectivity index (χ0) is 21.0. The summed E-state index contributed by atoms with van der Waals surface area (Å²) in [4.78, 5) is 25.5. The van der Waals surface area contributed by atoms with E-state index >= 15 is 0 Å². The third-order valence-corrected chi connectivity index (χ3v) is 5.21. The number of morpholine rings is 1. The molecule has 0 radical (unpaired) electrons. The van der Waals surface area contributed by atoms with E-state index in [2.05, 4.69) is 31.3 Å². The van der Waals surface area contributed by atoms with Crippen molar-refractivity contribution < 1.29 is 14.5 Å². The Kier molecular flexibility index (Phi) is 6.49. The van der Waals surface area contributed by atoms with Crippen molar-refractivity contribution in [3.8, 4) is 0 Å². The smallest absolute Gasteiger partial charge is 0.293 e. The van der Waals surface area contributed by atoms with E-state index in [4.69, 9.17) is 4.74 Å². The van der Waals surface area contributed by atoms with E-state index in [1.807, 2.05) is 19.1 Å². The van der Waals surface area contributed by atoms with Gasteiger partial charge in [0.25, 0.3) is 11.6 Å². The fourth-order valence-corrected chi connectivity index (χ4v) is 3.37. The van der Waals surface area contributed by atoms with Crippen LogP contribution >= 0.6 is 0 Å². The third kappa shape index (κ3) is 4.92. The second-order valence-electron chi connectivity index (χ2n) is 7.58. The Bertz CT molecular complexity index is 874. The zero-order valence-corrected chi connectivity index (χ0v) is 17.1. The average molecular weight is 397 g/mol. The van der Waals surface area contributed by atoms with Crippen molar-refractivity contribution in [3.05, 3.63) is 69.3 Å². The fraction of sp³-hybridized carbons (Fsp3) is 0.409. The Morgan fingerprint density at radius 2 is 1.69 bits per heavy atom. The first kappa shape index (κ1) is 20.8. The molecule has 29 heavy (non-hydrogen) atoms. The maximum atomic E-state index is 12.6. The molecule has 0 aromatic heterocycles. The topological polar surface area (TPSA) is 84.7 Å². The molecule has 1 fully saturated rings. The molecule has 1 amide bonds. The van der Waals surface area contributed by atoms with Crippen molar-refractivity contribution in [2.75, 3.05) is 31.6 Å². The summed E-state index contributed by atoms with van der Waals surface area (Å²) in [6.45, 7) is 8.20. The van der Waals surface area contributed by atoms with Crippen LogP contribution in [-0.2, 0) is 4.74 Å². The number of benzene rings is 2. The van der Waals surface area contributed by atoms with Gasteiger partial charge < -0.3 is 15.0 Å². The SMILES string of the molecule is CC(C)c1ccc([C@@H](C)Nc2ccc(C(=O)N3CCOCC3)cc2[N+](=O)[O-])cc1. The molecule has 0 saturated carbocycles. The molecule has 1 aliphatic rings. The van der Waals surface area contributed by atoms with E-state index in [0.717, 1.165) is 5.56 Å². The number of hydrogen-bond donors (Lipinski definition) is 1. The summed E-state index contributed by atoms with van der Waals surface area (Å²) in [6.07, 6.45) is 0. The summed E-state index contributed by atoms with van der Waals surface area (Å²) in [7, 11) is 0. The van der Waals surface area contributed by atoms with Gasteiger partial charge in [0.2, 0.25) is 0 Å². The third-order valence-electron chi connectivity index (χ3n) is 5.21. The van der Waals surface area contributed by atoms with Crippen molar-refractivity contribution in [1.82, 2.24) is 4.90 Å². The van der Waals surface area contributed by atoms with Crippen LogP contribution in [0, 0.1) is 10.1 Å². The maximum absolute atomic E-state index is 12.6. The predicted molar refractivity (Wildman–Crippen MR) is 112 cm³/mol. The number of amides is 1. The first-order valence-electron chi connectivity index (χ1n) is 9.88. The second kappa shape index (κ2) is 9.05. The molecule has 0 bridgehead atoms. The van der Waals surface area contributed by atoms with Crippen LogP contribution in [0.25, 0.3) is 0 Å². The summed E-state index contributed by atoms with van der Waals surface area (Å²) >= 11 is 0. The molecule has 0 unspecified atom stereocenters. The molecular formula is C22H27N3O4. The molecule has 1 N–H and O–H groups in total. The number of nitrogens with zero attached hydrogens (tertiary/aromatic N) is 2. The van der Waals surface area contributed by atoms with Gasteiger partial charge in [-0.25, -0.2) is 0 Å². The largest absolute Gasteiger partial charge is 0.378 e. The number of carbonyl (C=O) groups excluding carboxylic acids is 1. The highest BCUT2D eigenvalue weighted by Gasteiger charge is 2.23. The lowest BCUT2D eigenvalue weighted by Crippen LogP contribution is -2.40. The molecule has 3 rings (SSSR count). The van der Waals surface area contributed by atoms with Crippen LogP contribution in [0.15, 0.2) is 42.5 Å². The fourth-order valence-electron chi connectivity index (χ4n) is 3.37. The lowest BCUT2D eigenvalue weighted by molar-refractivity contribution is -0.384. The Hall–Kier alpha value is -2.93. The minimum Gasteiger partial charge on any atom is -0.378 e. The Balaban J connectivity index is 1.79. The average Bonchev–Trinajstić information content (AvgIpc) is 2.74. The van der Waals surface area contributed by atoms with E-state index in [1.54, 1.807) is 17.0 Å². The van der Waals surface area contributed by atoms with Gasteiger partial charge in [-0.2, -0.15) is 0 Å². The number of anilines is 1. The van der Waals surface area contributed by atoms with Gasteiger partial charge in [0.1, 0.15) is 5.69 Å².